The molecule has 1 aromatic rings. The van der Waals surface area contributed by atoms with Crippen LogP contribution in [0.3, 0.4) is 0 Å². The van der Waals surface area contributed by atoms with Gasteiger partial charge in [-0.25, -0.2) is 16.8 Å². The molecule has 3 rings (SSSR count). The second-order valence-corrected chi connectivity index (χ2v) is 9.70. The van der Waals surface area contributed by atoms with Crippen molar-refractivity contribution >= 4 is 32.3 Å². The third-order valence-electron chi connectivity index (χ3n) is 4.25. The predicted molar refractivity (Wildman–Crippen MR) is 85.4 cm³/mol. The van der Waals surface area contributed by atoms with E-state index in [0.29, 0.717) is 24.9 Å². The molecular formula is C13H19ClN2O4S2. The maximum absolute atomic E-state index is 12.6. The summed E-state index contributed by atoms with van der Waals surface area (Å²) in [6.07, 6.45) is 1.10. The topological polar surface area (TPSA) is 83.5 Å². The third kappa shape index (κ3) is 3.16. The number of nitrogens with zero attached hydrogens (tertiary/aromatic N) is 1. The van der Waals surface area contributed by atoms with Crippen LogP contribution < -0.4 is 5.32 Å². The maximum atomic E-state index is 12.6. The van der Waals surface area contributed by atoms with Gasteiger partial charge in [-0.05, 0) is 49.2 Å². The summed E-state index contributed by atoms with van der Waals surface area (Å²) < 4.78 is 49.5. The quantitative estimate of drug-likeness (QED) is 0.834. The molecule has 2 fully saturated rings. The van der Waals surface area contributed by atoms with Crippen LogP contribution in [0.1, 0.15) is 0 Å². The van der Waals surface area contributed by atoms with Crippen molar-refractivity contribution in [2.75, 3.05) is 32.4 Å². The fraction of sp³-hybridized carbons (Fsp3) is 0.538. The highest BCUT2D eigenvalue weighted by molar-refractivity contribution is 7.90. The molecule has 2 aliphatic heterocycles. The molecule has 0 aliphatic carbocycles. The molecule has 0 unspecified atom stereocenters. The largest absolute Gasteiger partial charge is 0.316 e. The molecule has 2 saturated heterocycles. The van der Waals surface area contributed by atoms with E-state index in [0.717, 1.165) is 19.3 Å². The van der Waals surface area contributed by atoms with Crippen molar-refractivity contribution in [2.45, 2.75) is 9.79 Å². The molecule has 2 aliphatic rings. The van der Waals surface area contributed by atoms with Crippen LogP contribution in [0, 0.1) is 11.8 Å². The van der Waals surface area contributed by atoms with E-state index in [1.165, 1.54) is 28.6 Å². The van der Waals surface area contributed by atoms with E-state index in [2.05, 4.69) is 5.32 Å². The van der Waals surface area contributed by atoms with E-state index in [9.17, 15) is 16.8 Å². The Morgan fingerprint density at radius 2 is 1.41 bits per heavy atom. The molecular weight excluding hydrogens is 348 g/mol. The minimum Gasteiger partial charge on any atom is -0.316 e. The van der Waals surface area contributed by atoms with Gasteiger partial charge in [-0.1, -0.05) is 0 Å². The summed E-state index contributed by atoms with van der Waals surface area (Å²) in [5, 5.41) is 3.27. The number of benzene rings is 1. The number of hydrogen-bond acceptors (Lipinski definition) is 5. The summed E-state index contributed by atoms with van der Waals surface area (Å²) in [6.45, 7) is 2.80. The van der Waals surface area contributed by atoms with Gasteiger partial charge in [0, 0.05) is 19.3 Å². The highest BCUT2D eigenvalue weighted by Crippen LogP contribution is 2.30. The van der Waals surface area contributed by atoms with Crippen molar-refractivity contribution in [1.82, 2.24) is 9.62 Å². The SMILES string of the molecule is CS(=O)(=O)c1ccc(S(=O)(=O)N2C[C@H]3CNC[C@H]3C2)cc1.Cl. The zero-order valence-electron chi connectivity index (χ0n) is 12.1. The first-order valence-electron chi connectivity index (χ1n) is 6.79. The molecule has 0 spiro atoms. The van der Waals surface area contributed by atoms with E-state index >= 15 is 0 Å². The number of sulfonamides is 1. The zero-order valence-corrected chi connectivity index (χ0v) is 14.5. The van der Waals surface area contributed by atoms with Crippen molar-refractivity contribution in [2.24, 2.45) is 11.8 Å². The Morgan fingerprint density at radius 3 is 1.86 bits per heavy atom. The molecule has 124 valence electrons. The lowest BCUT2D eigenvalue weighted by Gasteiger charge is -2.17. The number of fused-ring (bicyclic) bond motifs is 1. The highest BCUT2D eigenvalue weighted by atomic mass is 35.5. The molecule has 0 saturated carbocycles. The van der Waals surface area contributed by atoms with Gasteiger partial charge in [-0.15, -0.1) is 12.4 Å². The Kier molecular flexibility index (Phi) is 4.89. The van der Waals surface area contributed by atoms with Gasteiger partial charge in [0.2, 0.25) is 10.0 Å². The Morgan fingerprint density at radius 1 is 0.955 bits per heavy atom. The predicted octanol–water partition coefficient (Wildman–Crippen LogP) is 0.352. The van der Waals surface area contributed by atoms with Crippen molar-refractivity contribution in [1.29, 1.82) is 0 Å². The molecule has 0 bridgehead atoms. The molecule has 22 heavy (non-hydrogen) atoms. The summed E-state index contributed by atoms with van der Waals surface area (Å²) in [6, 6.07) is 5.44. The van der Waals surface area contributed by atoms with Gasteiger partial charge < -0.3 is 5.32 Å². The number of halogens is 1. The second kappa shape index (κ2) is 6.09. The molecule has 0 amide bonds. The lowest BCUT2D eigenvalue weighted by molar-refractivity contribution is 0.448. The van der Waals surface area contributed by atoms with Crippen molar-refractivity contribution in [3.8, 4) is 0 Å². The highest BCUT2D eigenvalue weighted by Gasteiger charge is 2.41. The van der Waals surface area contributed by atoms with Gasteiger partial charge >= 0.3 is 0 Å². The van der Waals surface area contributed by atoms with Gasteiger partial charge in [0.15, 0.2) is 9.84 Å². The molecule has 0 aromatic heterocycles. The summed E-state index contributed by atoms with van der Waals surface area (Å²) >= 11 is 0. The van der Waals surface area contributed by atoms with E-state index < -0.39 is 19.9 Å². The van der Waals surface area contributed by atoms with Gasteiger partial charge in [-0.3, -0.25) is 0 Å². The number of nitrogens with one attached hydrogen (secondary N) is 1. The second-order valence-electron chi connectivity index (χ2n) is 5.74. The van der Waals surface area contributed by atoms with Crippen LogP contribution >= 0.6 is 12.4 Å². The monoisotopic (exact) mass is 366 g/mol. The summed E-state index contributed by atoms with van der Waals surface area (Å²) in [5.74, 6) is 0.769. The van der Waals surface area contributed by atoms with Crippen LogP contribution in [0.15, 0.2) is 34.1 Å². The lowest BCUT2D eigenvalue weighted by atomic mass is 10.0. The molecule has 2 heterocycles. The minimum absolute atomic E-state index is 0. The van der Waals surface area contributed by atoms with E-state index in [1.54, 1.807) is 0 Å². The zero-order chi connectivity index (χ0) is 15.3. The van der Waals surface area contributed by atoms with Gasteiger partial charge in [-0.2, -0.15) is 4.31 Å². The van der Waals surface area contributed by atoms with Crippen LogP contribution in [-0.4, -0.2) is 53.6 Å². The maximum Gasteiger partial charge on any atom is 0.243 e. The Hall–Kier alpha value is -0.670. The molecule has 2 atom stereocenters. The average molecular weight is 367 g/mol. The van der Waals surface area contributed by atoms with Gasteiger partial charge in [0.25, 0.3) is 0 Å². The normalized spacial score (nSPS) is 25.7. The van der Waals surface area contributed by atoms with E-state index in [1.807, 2.05) is 0 Å². The molecule has 6 nitrogen and oxygen atoms in total. The average Bonchev–Trinajstić information content (AvgIpc) is 2.98. The first kappa shape index (κ1) is 17.7. The van der Waals surface area contributed by atoms with Gasteiger partial charge in [0.05, 0.1) is 9.79 Å². The Balaban J connectivity index is 0.00000176. The van der Waals surface area contributed by atoms with Crippen LogP contribution in [0.25, 0.3) is 0 Å². The van der Waals surface area contributed by atoms with E-state index in [4.69, 9.17) is 0 Å². The Bertz CT molecular complexity index is 735. The molecule has 1 aromatic carbocycles. The summed E-state index contributed by atoms with van der Waals surface area (Å²) in [5.41, 5.74) is 0. The standard InChI is InChI=1S/C13H18N2O4S2.ClH/c1-20(16,17)12-2-4-13(5-3-12)21(18,19)15-8-10-6-14-7-11(10)9-15;/h2-5,10-11,14H,6-9H2,1H3;1H/t10-,11+;. The first-order chi connectivity index (χ1) is 9.78. The van der Waals surface area contributed by atoms with Gasteiger partial charge in [0.1, 0.15) is 0 Å². The lowest BCUT2D eigenvalue weighted by Crippen LogP contribution is -2.31. The summed E-state index contributed by atoms with van der Waals surface area (Å²) in [4.78, 5) is 0.284. The molecule has 9 heteroatoms. The fourth-order valence-corrected chi connectivity index (χ4v) is 5.20. The fourth-order valence-electron chi connectivity index (χ4n) is 3.02. The minimum atomic E-state index is -3.53. The smallest absolute Gasteiger partial charge is 0.243 e. The van der Waals surface area contributed by atoms with E-state index in [-0.39, 0.29) is 22.2 Å². The number of hydrogen-bond donors (Lipinski definition) is 1. The summed E-state index contributed by atoms with van der Waals surface area (Å²) in [7, 11) is -6.85. The Labute approximate surface area is 137 Å². The molecule has 1 N–H and O–H groups in total. The van der Waals surface area contributed by atoms with Crippen molar-refractivity contribution in [3.05, 3.63) is 24.3 Å². The van der Waals surface area contributed by atoms with Crippen LogP contribution in [0.5, 0.6) is 0 Å². The first-order valence-corrected chi connectivity index (χ1v) is 10.1. The van der Waals surface area contributed by atoms with Crippen LogP contribution in [0.2, 0.25) is 0 Å². The van der Waals surface area contributed by atoms with Crippen LogP contribution in [0.4, 0.5) is 0 Å². The van der Waals surface area contributed by atoms with Crippen molar-refractivity contribution < 1.29 is 16.8 Å². The van der Waals surface area contributed by atoms with Crippen molar-refractivity contribution in [3.63, 3.8) is 0 Å². The number of sulfone groups is 1. The number of rotatable bonds is 3. The third-order valence-corrected chi connectivity index (χ3v) is 7.22. The van der Waals surface area contributed by atoms with Crippen LogP contribution in [-0.2, 0) is 19.9 Å². The molecule has 0 radical (unpaired) electrons.